The van der Waals surface area contributed by atoms with Gasteiger partial charge in [-0.25, -0.2) is 0 Å². The lowest BCUT2D eigenvalue weighted by Gasteiger charge is -2.08. The molecule has 1 N–H and O–H groups in total. The molecule has 0 radical (unpaired) electrons. The number of carbonyl (C=O) groups excluding carboxylic acids is 2. The molecule has 0 aromatic rings. The van der Waals surface area contributed by atoms with Gasteiger partial charge in [-0.15, -0.1) is 0 Å². The van der Waals surface area contributed by atoms with Crippen LogP contribution in [0.5, 0.6) is 0 Å². The Hall–Kier alpha value is -1.90. The molecule has 0 atom stereocenters. The van der Waals surface area contributed by atoms with E-state index in [1.165, 1.54) is 5.57 Å². The van der Waals surface area contributed by atoms with Crippen LogP contribution in [-0.2, 0) is 9.59 Å². The Morgan fingerprint density at radius 1 is 1.04 bits per heavy atom. The fraction of sp³-hybridized carbons (Fsp3) is 0.545. The first kappa shape index (κ1) is 23.1. The molecule has 0 unspecified atom stereocenters. The molecule has 0 bridgehead atoms. The molecule has 0 aromatic heterocycles. The van der Waals surface area contributed by atoms with Gasteiger partial charge in [-0.2, -0.15) is 0 Å². The van der Waals surface area contributed by atoms with Crippen LogP contribution in [-0.4, -0.2) is 17.2 Å². The summed E-state index contributed by atoms with van der Waals surface area (Å²) in [5, 5.41) is 10.2. The molecule has 0 spiro atoms. The fourth-order valence-electron chi connectivity index (χ4n) is 2.43. The monoisotopic (exact) mass is 346 g/mol. The van der Waals surface area contributed by atoms with Crippen molar-refractivity contribution in [1.29, 1.82) is 0 Å². The van der Waals surface area contributed by atoms with Crippen molar-refractivity contribution in [3.05, 3.63) is 46.3 Å². The van der Waals surface area contributed by atoms with E-state index < -0.39 is 11.5 Å². The largest absolute Gasteiger partial charge is 0.504 e. The van der Waals surface area contributed by atoms with Crippen LogP contribution in [0, 0.1) is 0 Å². The molecular formula is C22H34O3. The molecular weight excluding hydrogens is 312 g/mol. The second-order valence-electron chi connectivity index (χ2n) is 6.67. The zero-order valence-corrected chi connectivity index (χ0v) is 16.5. The molecule has 3 heteroatoms. The molecule has 0 heterocycles. The predicted molar refractivity (Wildman–Crippen MR) is 106 cm³/mol. The first-order valence-electron chi connectivity index (χ1n) is 9.23. The van der Waals surface area contributed by atoms with Gasteiger partial charge in [0, 0.05) is 5.57 Å². The summed E-state index contributed by atoms with van der Waals surface area (Å²) < 4.78 is 0. The molecule has 0 aliphatic carbocycles. The van der Waals surface area contributed by atoms with Gasteiger partial charge >= 0.3 is 0 Å². The molecule has 0 aliphatic rings. The summed E-state index contributed by atoms with van der Waals surface area (Å²) in [5.74, 6) is -0.829. The molecule has 140 valence electrons. The number of allylic oxidation sites excluding steroid dienone is 7. The minimum atomic E-state index is -0.420. The lowest BCUT2D eigenvalue weighted by Crippen LogP contribution is -2.10. The summed E-state index contributed by atoms with van der Waals surface area (Å²) in [7, 11) is 0. The van der Waals surface area contributed by atoms with Gasteiger partial charge in [-0.1, -0.05) is 49.1 Å². The summed E-state index contributed by atoms with van der Waals surface area (Å²) in [6, 6.07) is 0. The van der Waals surface area contributed by atoms with Crippen LogP contribution in [0.2, 0.25) is 0 Å². The highest BCUT2D eigenvalue weighted by molar-refractivity contribution is 6.09. The fourth-order valence-corrected chi connectivity index (χ4v) is 2.43. The SMILES string of the molecule is C/C=C(/CCCCC)C(=O)/C(O)=C(\C=O)C/C=C(\C)CCC=C(C)C. The number of unbranched alkanes of at least 4 members (excludes halogenated alkanes) is 2. The Labute approximate surface area is 153 Å². The van der Waals surface area contributed by atoms with Gasteiger partial charge in [0.15, 0.2) is 5.76 Å². The zero-order valence-electron chi connectivity index (χ0n) is 16.5. The Morgan fingerprint density at radius 3 is 2.24 bits per heavy atom. The van der Waals surface area contributed by atoms with E-state index in [9.17, 15) is 14.7 Å². The maximum absolute atomic E-state index is 12.4. The van der Waals surface area contributed by atoms with Crippen molar-refractivity contribution in [2.75, 3.05) is 0 Å². The van der Waals surface area contributed by atoms with Crippen molar-refractivity contribution < 1.29 is 14.7 Å². The van der Waals surface area contributed by atoms with Gasteiger partial charge in [-0.3, -0.25) is 9.59 Å². The van der Waals surface area contributed by atoms with Gasteiger partial charge < -0.3 is 5.11 Å². The minimum Gasteiger partial charge on any atom is -0.504 e. The average Bonchev–Trinajstić information content (AvgIpc) is 2.58. The molecule has 0 amide bonds. The van der Waals surface area contributed by atoms with Gasteiger partial charge in [0.25, 0.3) is 0 Å². The Balaban J connectivity index is 4.98. The van der Waals surface area contributed by atoms with Crippen molar-refractivity contribution in [3.8, 4) is 0 Å². The van der Waals surface area contributed by atoms with E-state index in [4.69, 9.17) is 0 Å². The highest BCUT2D eigenvalue weighted by atomic mass is 16.3. The standard InChI is InChI=1S/C22H34O3/c1-6-8-9-13-19(7-2)21(24)22(25)20(16-23)15-14-18(5)12-10-11-17(3)4/h7,11,14,16,25H,6,8-10,12-13,15H2,1-5H3/b18-14+,19-7-,22-20+. The summed E-state index contributed by atoms with van der Waals surface area (Å²) in [6.45, 7) is 10.0. The quantitative estimate of drug-likeness (QED) is 0.151. The Kier molecular flexibility index (Phi) is 12.4. The molecule has 0 fully saturated rings. The van der Waals surface area contributed by atoms with Gasteiger partial charge in [0.2, 0.25) is 5.78 Å². The van der Waals surface area contributed by atoms with E-state index >= 15 is 0 Å². The number of hydrogen-bond acceptors (Lipinski definition) is 3. The van der Waals surface area contributed by atoms with Crippen LogP contribution < -0.4 is 0 Å². The maximum atomic E-state index is 12.4. The van der Waals surface area contributed by atoms with E-state index in [1.807, 2.05) is 13.0 Å². The van der Waals surface area contributed by atoms with Gasteiger partial charge in [0.1, 0.15) is 6.29 Å². The van der Waals surface area contributed by atoms with Crippen LogP contribution in [0.4, 0.5) is 0 Å². The maximum Gasteiger partial charge on any atom is 0.223 e. The summed E-state index contributed by atoms with van der Waals surface area (Å²) in [4.78, 5) is 23.7. The van der Waals surface area contributed by atoms with Crippen molar-refractivity contribution in [2.24, 2.45) is 0 Å². The third kappa shape index (κ3) is 9.85. The van der Waals surface area contributed by atoms with E-state index in [0.717, 1.165) is 37.7 Å². The van der Waals surface area contributed by atoms with E-state index in [-0.39, 0.29) is 12.0 Å². The molecule has 0 aromatic carbocycles. The number of rotatable bonds is 12. The first-order valence-corrected chi connectivity index (χ1v) is 9.23. The average molecular weight is 347 g/mol. The highest BCUT2D eigenvalue weighted by Crippen LogP contribution is 2.18. The molecule has 0 aliphatic heterocycles. The number of aliphatic hydroxyl groups excluding tert-OH is 1. The molecule has 0 saturated carbocycles. The summed E-state index contributed by atoms with van der Waals surface area (Å²) >= 11 is 0. The van der Waals surface area contributed by atoms with Crippen LogP contribution in [0.25, 0.3) is 0 Å². The molecule has 0 rings (SSSR count). The predicted octanol–water partition coefficient (Wildman–Crippen LogP) is 6.18. The third-order valence-corrected chi connectivity index (χ3v) is 4.11. The van der Waals surface area contributed by atoms with Crippen LogP contribution in [0.15, 0.2) is 46.3 Å². The van der Waals surface area contributed by atoms with Crippen molar-refractivity contribution >= 4 is 12.1 Å². The number of ketones is 1. The number of aliphatic hydroxyl groups is 1. The second-order valence-corrected chi connectivity index (χ2v) is 6.67. The van der Waals surface area contributed by atoms with Crippen LogP contribution in [0.3, 0.4) is 0 Å². The van der Waals surface area contributed by atoms with Gasteiger partial charge in [0.05, 0.1) is 0 Å². The molecule has 25 heavy (non-hydrogen) atoms. The highest BCUT2D eigenvalue weighted by Gasteiger charge is 2.17. The first-order chi connectivity index (χ1) is 11.9. The normalized spacial score (nSPS) is 13.3. The number of hydrogen-bond donors (Lipinski definition) is 1. The number of aldehydes is 1. The third-order valence-electron chi connectivity index (χ3n) is 4.11. The van der Waals surface area contributed by atoms with Crippen molar-refractivity contribution in [1.82, 2.24) is 0 Å². The Bertz CT molecular complexity index is 556. The lowest BCUT2D eigenvalue weighted by atomic mass is 9.98. The summed E-state index contributed by atoms with van der Waals surface area (Å²) in [5.41, 5.74) is 3.16. The smallest absolute Gasteiger partial charge is 0.223 e. The number of carbonyl (C=O) groups is 2. The lowest BCUT2D eigenvalue weighted by molar-refractivity contribution is -0.115. The van der Waals surface area contributed by atoms with Crippen molar-refractivity contribution in [3.63, 3.8) is 0 Å². The van der Waals surface area contributed by atoms with Crippen molar-refractivity contribution in [2.45, 2.75) is 79.6 Å². The van der Waals surface area contributed by atoms with E-state index in [0.29, 0.717) is 18.3 Å². The molecule has 0 saturated heterocycles. The Morgan fingerprint density at radius 2 is 1.72 bits per heavy atom. The van der Waals surface area contributed by atoms with Gasteiger partial charge in [-0.05, 0) is 65.4 Å². The zero-order chi connectivity index (χ0) is 19.2. The summed E-state index contributed by atoms with van der Waals surface area (Å²) in [6.07, 6.45) is 12.2. The van der Waals surface area contributed by atoms with Crippen LogP contribution >= 0.6 is 0 Å². The van der Waals surface area contributed by atoms with E-state index in [2.05, 4.69) is 26.8 Å². The van der Waals surface area contributed by atoms with Crippen LogP contribution in [0.1, 0.15) is 79.6 Å². The second kappa shape index (κ2) is 13.4. The topological polar surface area (TPSA) is 54.4 Å². The minimum absolute atomic E-state index is 0.154. The number of Topliss-reactive ketones (excluding diaryl/α,β-unsaturated/α-hetero) is 1. The molecule has 3 nitrogen and oxygen atoms in total. The van der Waals surface area contributed by atoms with E-state index in [1.54, 1.807) is 13.0 Å².